The molecule has 0 radical (unpaired) electrons. The Morgan fingerprint density at radius 3 is 0.852 bits per heavy atom. The van der Waals surface area contributed by atoms with E-state index in [1.807, 2.05) is 255 Å². The van der Waals surface area contributed by atoms with E-state index < -0.39 is 94.9 Å². The molecule has 8 atom stereocenters. The Hall–Kier alpha value is -5.86. The number of hydrogen-bond donors (Lipinski definition) is 11. The summed E-state index contributed by atoms with van der Waals surface area (Å²) in [7, 11) is -5.66. The number of hydrogen-bond acceptors (Lipinski definition) is 14. The van der Waals surface area contributed by atoms with Crippen LogP contribution in [0.4, 0.5) is 40.3 Å². The second-order valence-corrected chi connectivity index (χ2v) is 49.6. The Bertz CT molecular complexity index is 4330. The van der Waals surface area contributed by atoms with Gasteiger partial charge >= 0.3 is 23.1 Å². The van der Waals surface area contributed by atoms with Crippen LogP contribution >= 0.6 is 12.4 Å². The summed E-state index contributed by atoms with van der Waals surface area (Å²) in [6.45, 7) is 48.7. The molecule has 0 amide bonds. The molecule has 0 aliphatic rings. The summed E-state index contributed by atoms with van der Waals surface area (Å²) < 4.78 is 127. The van der Waals surface area contributed by atoms with Gasteiger partial charge < -0.3 is 59.2 Å². The number of aliphatic hydroxyl groups excluding tert-OH is 4. The van der Waals surface area contributed by atoms with Crippen molar-refractivity contribution < 1.29 is 103 Å². The van der Waals surface area contributed by atoms with Crippen LogP contribution in [0.2, 0.25) is 19.6 Å². The Morgan fingerprint density at radius 1 is 0.414 bits per heavy atom. The smallest absolute Gasteiger partial charge is 1.00 e. The average Bonchev–Trinajstić information content (AvgIpc) is 0.824. The Morgan fingerprint density at radius 2 is 0.656 bits per heavy atom. The minimum absolute atomic E-state index is 0. The number of carbonyl (C=O) groups excluding carboxylic acids is 1. The van der Waals surface area contributed by atoms with Crippen molar-refractivity contribution in [1.82, 2.24) is 14.2 Å². The number of nitrogens with zero attached hydrogens (tertiary/aromatic N) is 2. The molecule has 0 aromatic heterocycles. The van der Waals surface area contributed by atoms with Crippen molar-refractivity contribution >= 4 is 134 Å². The molecule has 0 bridgehead atoms. The second-order valence-electron chi connectivity index (χ2n) is 34.8. The van der Waals surface area contributed by atoms with Gasteiger partial charge in [0.25, 0.3) is 0 Å². The van der Waals surface area contributed by atoms with Crippen molar-refractivity contribution in [2.24, 2.45) is 9.54 Å². The number of nitrogens with one attached hydrogen (secondary N) is 3. The van der Waals surface area contributed by atoms with E-state index in [2.05, 4.69) is 44.3 Å². The van der Waals surface area contributed by atoms with E-state index in [1.54, 1.807) is 122 Å². The molecule has 1 unspecified atom stereocenters. The minimum atomic E-state index is -1.46. The van der Waals surface area contributed by atoms with E-state index >= 15 is 0 Å². The van der Waals surface area contributed by atoms with E-state index in [-0.39, 0.29) is 149 Å². The number of aliphatic hydroxyl groups is 4. The van der Waals surface area contributed by atoms with Gasteiger partial charge in [-0.25, -0.2) is 52.8 Å². The van der Waals surface area contributed by atoms with Crippen LogP contribution in [0.5, 0.6) is 0 Å². The van der Waals surface area contributed by atoms with Crippen molar-refractivity contribution in [2.75, 3.05) is 28.8 Å². The van der Waals surface area contributed by atoms with Crippen LogP contribution in [-0.2, 0) is 76.6 Å². The van der Waals surface area contributed by atoms with Gasteiger partial charge in [0.15, 0.2) is 0 Å². The molecule has 9 rings (SSSR count). The first-order valence-corrected chi connectivity index (χ1v) is 49.4. The average molecular weight is 2020 g/mol. The maximum absolute atomic E-state index is 13.4. The van der Waals surface area contributed by atoms with Crippen molar-refractivity contribution in [3.63, 3.8) is 0 Å². The van der Waals surface area contributed by atoms with Crippen LogP contribution < -0.4 is 58.1 Å². The molecule has 710 valence electrons. The van der Waals surface area contributed by atoms with Crippen molar-refractivity contribution in [3.8, 4) is 0 Å². The Kier molecular flexibility index (Phi) is 69.9. The first-order valence-electron chi connectivity index (χ1n) is 40.2. The predicted octanol–water partition coefficient (Wildman–Crippen LogP) is 16.6. The number of benzene rings is 9. The molecule has 19 nitrogen and oxygen atoms in total. The Balaban J connectivity index is -0.000000335. The SMILES string of the molecule is CC(C)(C)S(=O)N[C@H](c1ccccc1)c1ccc(F)c(N)c1.CC(C)(C)[S@@](=O)N=Cc1ccccc1.CC(C)(C)[S@@](=O)N[C@@H](c1ccccc1)c1ccc(F)c(N)c1.CC(C)(C)[S@@](=O)N[C@H](c1ccccc1)c1ccc(F)c(N)c1.CC(C)(C)[S@](N)=O.CC(C)O.CC(C)O.CC(C)O.CC(C)O.CN(c1c[c-]ccc1F)[Si](C)(C)C.Cl.O=Cc1ccccc1.[Br-].[Mg+2].[Ti]. The van der Waals surface area contributed by atoms with Crippen molar-refractivity contribution in [3.05, 3.63) is 298 Å². The van der Waals surface area contributed by atoms with E-state index in [4.69, 9.17) is 42.8 Å². The zero-order valence-electron chi connectivity index (χ0n) is 79.5. The molecule has 0 aliphatic carbocycles. The van der Waals surface area contributed by atoms with Crippen LogP contribution in [-0.4, -0.2) is 140 Å². The fraction of sp³-hybridized carbons (Fsp3) is 0.411. The third kappa shape index (κ3) is 61.0. The maximum Gasteiger partial charge on any atom is 2.00 e. The van der Waals surface area contributed by atoms with Gasteiger partial charge in [-0.1, -0.05) is 189 Å². The van der Waals surface area contributed by atoms with Crippen LogP contribution in [0.3, 0.4) is 0 Å². The van der Waals surface area contributed by atoms with Crippen molar-refractivity contribution in [1.29, 1.82) is 0 Å². The Labute approximate surface area is 825 Å². The fourth-order valence-corrected chi connectivity index (χ4v) is 12.3. The molecule has 33 heteroatoms. The first kappa shape index (κ1) is 133. The zero-order valence-corrected chi connectivity index (χ0v) is 90.0. The zero-order chi connectivity index (χ0) is 95.9. The standard InChI is InChI=1S/3C17H21FN2OS.C11H15NOS.C10H15FNSi.C7H6O.C4H11NOS.4C3H8O.BrH.ClH.Mg.Ti/c3*1-17(2,3)22(21)20-16(12-7-5-4-6-8-12)13-9-10-14(18)15(19)11-13;1-11(2,3)14(13)12-9-10-7-5-4-6-8-10;1-12(13(2,3)4)10-8-6-5-7-9(10)11;8-6-7-4-2-1-3-5-7;1-4(2,3)7(5)6;4*1-3(2)4;;;;/h3*4-11,16,20H,19H2,1-3H3;4-9H,1-3H3;5,7-8H,1-4H3;1-6H;5H2,1-3H3;4*3-4H,1-2H3;2*1H;;/q;;;;-1;;;;;;;;;+2;/p-1/t16-,22?;16-,22+;16-,22-;14-;;;7-;;;;;;;;/m1011..1......../s1. The molecular formula is C95H143BrClF4MgN9O10S5SiTi. The molecule has 0 heterocycles. The summed E-state index contributed by atoms with van der Waals surface area (Å²) in [5, 5.41) is 37.3. The monoisotopic (exact) mass is 2020 g/mol. The second kappa shape index (κ2) is 67.3. The molecule has 0 spiro atoms. The number of halogens is 6. The maximum atomic E-state index is 13.4. The third-order valence-electron chi connectivity index (χ3n) is 15.1. The summed E-state index contributed by atoms with van der Waals surface area (Å²) in [6.07, 6.45) is 1.82. The van der Waals surface area contributed by atoms with Gasteiger partial charge in [0, 0.05) is 63.7 Å². The van der Waals surface area contributed by atoms with E-state index in [0.29, 0.717) is 5.69 Å². The van der Waals surface area contributed by atoms with Gasteiger partial charge in [-0.05, 0) is 247 Å². The van der Waals surface area contributed by atoms with Gasteiger partial charge in [0.2, 0.25) is 0 Å². The molecule has 0 saturated heterocycles. The fourth-order valence-electron chi connectivity index (χ4n) is 8.36. The van der Waals surface area contributed by atoms with Gasteiger partial charge in [0.1, 0.15) is 43.0 Å². The molecule has 0 saturated carbocycles. The molecule has 9 aromatic rings. The number of aldehydes is 1. The normalized spacial score (nSPS) is 12.8. The minimum Gasteiger partial charge on any atom is -1.00 e. The molecule has 9 aromatic carbocycles. The van der Waals surface area contributed by atoms with Gasteiger partial charge in [-0.2, -0.15) is 22.6 Å². The van der Waals surface area contributed by atoms with Gasteiger partial charge in [-0.3, -0.25) is 9.93 Å². The summed E-state index contributed by atoms with van der Waals surface area (Å²) in [6, 6.07) is 68.1. The summed E-state index contributed by atoms with van der Waals surface area (Å²) >= 11 is 0. The number of anilines is 4. The van der Waals surface area contributed by atoms with Gasteiger partial charge in [0.05, 0.1) is 103 Å². The number of nitrogen functional groups attached to an aromatic ring is 3. The molecule has 0 fully saturated rings. The molecule has 128 heavy (non-hydrogen) atoms. The molecule has 0 aliphatic heterocycles. The summed E-state index contributed by atoms with van der Waals surface area (Å²) in [5.74, 6) is -1.52. The number of nitrogens with two attached hydrogens (primary N) is 4. The van der Waals surface area contributed by atoms with E-state index in [0.717, 1.165) is 50.8 Å². The third-order valence-corrected chi connectivity index (χ3v) is 24.6. The van der Waals surface area contributed by atoms with Crippen molar-refractivity contribution in [2.45, 2.75) is 245 Å². The molecule has 15 N–H and O–H groups in total. The van der Waals surface area contributed by atoms with E-state index in [1.165, 1.54) is 24.3 Å². The summed E-state index contributed by atoms with van der Waals surface area (Å²) in [4.78, 5) is 10.0. The summed E-state index contributed by atoms with van der Waals surface area (Å²) in [5.41, 5.74) is 24.8. The van der Waals surface area contributed by atoms with Gasteiger partial charge in [-0.15, -0.1) is 18.5 Å². The number of rotatable bonds is 17. The predicted molar refractivity (Wildman–Crippen MR) is 536 cm³/mol. The first-order chi connectivity index (χ1) is 57.1. The quantitative estimate of drug-likeness (QED) is 0.0101. The van der Waals surface area contributed by atoms with Crippen LogP contribution in [0, 0.1) is 29.3 Å². The molecular weight excluding hydrogens is 1880 g/mol. The van der Waals surface area contributed by atoms with E-state index in [9.17, 15) is 43.4 Å². The number of carbonyl (C=O) groups is 1. The van der Waals surface area contributed by atoms with Crippen LogP contribution in [0.1, 0.15) is 227 Å². The topological polar surface area (TPSA) is 339 Å². The van der Waals surface area contributed by atoms with Crippen LogP contribution in [0.25, 0.3) is 0 Å². The largest absolute Gasteiger partial charge is 2.00 e. The van der Waals surface area contributed by atoms with Crippen LogP contribution in [0.15, 0.2) is 229 Å².